The van der Waals surface area contributed by atoms with Crippen LogP contribution in [0.15, 0.2) is 47.4 Å². The fraction of sp³-hybridized carbons (Fsp3) is 0.381. The van der Waals surface area contributed by atoms with Crippen molar-refractivity contribution in [3.63, 3.8) is 0 Å². The fourth-order valence-corrected chi connectivity index (χ4v) is 4.76. The van der Waals surface area contributed by atoms with Gasteiger partial charge in [-0.3, -0.25) is 4.79 Å². The fourth-order valence-electron chi connectivity index (χ4n) is 3.19. The maximum Gasteiger partial charge on any atom is 0.416 e. The monoisotopic (exact) mass is 472 g/mol. The quantitative estimate of drug-likeness (QED) is 0.669. The number of carbonyl (C=O) groups excluding carboxylic acids is 1. The summed E-state index contributed by atoms with van der Waals surface area (Å²) in [6.07, 6.45) is -4.62. The molecular weight excluding hydrogens is 449 g/mol. The zero-order valence-corrected chi connectivity index (χ0v) is 18.1. The number of hydrogen-bond acceptors (Lipinski definition) is 5. The van der Waals surface area contributed by atoms with Gasteiger partial charge in [0.2, 0.25) is 15.9 Å². The van der Waals surface area contributed by atoms with Gasteiger partial charge in [-0.05, 0) is 42.8 Å². The number of benzene rings is 2. The van der Waals surface area contributed by atoms with Crippen molar-refractivity contribution in [2.24, 2.45) is 0 Å². The first kappa shape index (κ1) is 24.0. The minimum atomic E-state index is -4.45. The topological polar surface area (TPSA) is 84.9 Å². The Bertz CT molecular complexity index is 1050. The summed E-state index contributed by atoms with van der Waals surface area (Å²) in [7, 11) is -3.88. The molecule has 0 aromatic heterocycles. The Balaban J connectivity index is 1.78. The molecule has 0 bridgehead atoms. The molecule has 0 aliphatic carbocycles. The Labute approximate surface area is 184 Å². The number of morpholine rings is 1. The van der Waals surface area contributed by atoms with E-state index < -0.39 is 27.7 Å². The molecule has 1 fully saturated rings. The van der Waals surface area contributed by atoms with Gasteiger partial charge < -0.3 is 14.8 Å². The van der Waals surface area contributed by atoms with E-state index in [0.29, 0.717) is 5.56 Å². The number of halogens is 3. The van der Waals surface area contributed by atoms with E-state index in [2.05, 4.69) is 5.32 Å². The predicted octanol–water partition coefficient (Wildman–Crippen LogP) is 3.31. The highest BCUT2D eigenvalue weighted by atomic mass is 32.2. The van der Waals surface area contributed by atoms with Gasteiger partial charge in [-0.1, -0.05) is 12.1 Å². The lowest BCUT2D eigenvalue weighted by Crippen LogP contribution is -2.40. The highest BCUT2D eigenvalue weighted by Gasteiger charge is 2.31. The van der Waals surface area contributed by atoms with E-state index in [1.807, 2.05) is 0 Å². The summed E-state index contributed by atoms with van der Waals surface area (Å²) in [5.41, 5.74) is -0.175. The highest BCUT2D eigenvalue weighted by Crippen LogP contribution is 2.31. The van der Waals surface area contributed by atoms with Crippen molar-refractivity contribution in [1.29, 1.82) is 0 Å². The first-order valence-electron chi connectivity index (χ1n) is 9.92. The van der Waals surface area contributed by atoms with E-state index in [1.54, 1.807) is 6.92 Å². The molecule has 1 saturated heterocycles. The van der Waals surface area contributed by atoms with Gasteiger partial charge in [-0.2, -0.15) is 17.5 Å². The van der Waals surface area contributed by atoms with Crippen LogP contribution in [0.1, 0.15) is 18.1 Å². The maximum atomic E-state index is 13.1. The van der Waals surface area contributed by atoms with Crippen LogP contribution in [0, 0.1) is 0 Å². The lowest BCUT2D eigenvalue weighted by molar-refractivity contribution is -0.137. The minimum absolute atomic E-state index is 0.0754. The average Bonchev–Trinajstić information content (AvgIpc) is 2.75. The number of sulfonamides is 1. The summed E-state index contributed by atoms with van der Waals surface area (Å²) in [6, 6.07) is 8.57. The number of nitrogens with zero attached hydrogens (tertiary/aromatic N) is 1. The van der Waals surface area contributed by atoms with E-state index in [1.165, 1.54) is 34.6 Å². The SMILES string of the molecule is CCOc1ccc(NC(=O)Cc2ccc(C(F)(F)F)cc2)cc1S(=O)(=O)N1CCOCC1. The maximum absolute atomic E-state index is 13.1. The van der Waals surface area contributed by atoms with Crippen molar-refractivity contribution in [2.45, 2.75) is 24.4 Å². The molecule has 1 N–H and O–H groups in total. The minimum Gasteiger partial charge on any atom is -0.492 e. The largest absolute Gasteiger partial charge is 0.492 e. The van der Waals surface area contributed by atoms with Gasteiger partial charge in [0.05, 0.1) is 31.8 Å². The first-order chi connectivity index (χ1) is 15.1. The smallest absolute Gasteiger partial charge is 0.416 e. The molecule has 0 atom stereocenters. The van der Waals surface area contributed by atoms with Crippen molar-refractivity contribution in [3.05, 3.63) is 53.6 Å². The van der Waals surface area contributed by atoms with Crippen LogP contribution in [-0.4, -0.2) is 51.5 Å². The number of amides is 1. The van der Waals surface area contributed by atoms with Crippen LogP contribution in [0.4, 0.5) is 18.9 Å². The predicted molar refractivity (Wildman–Crippen MR) is 111 cm³/mol. The number of alkyl halides is 3. The summed E-state index contributed by atoms with van der Waals surface area (Å²) in [5.74, 6) is -0.330. The molecule has 2 aromatic carbocycles. The van der Waals surface area contributed by atoms with Crippen LogP contribution in [-0.2, 0) is 32.2 Å². The van der Waals surface area contributed by atoms with Crippen LogP contribution in [0.25, 0.3) is 0 Å². The summed E-state index contributed by atoms with van der Waals surface area (Å²) in [4.78, 5) is 12.3. The second kappa shape index (κ2) is 9.88. The van der Waals surface area contributed by atoms with Crippen molar-refractivity contribution < 1.29 is 35.9 Å². The first-order valence-corrected chi connectivity index (χ1v) is 11.4. The standard InChI is InChI=1S/C21H23F3N2O5S/c1-2-31-18-8-7-17(14-19(18)32(28,29)26-9-11-30-12-10-26)25-20(27)13-15-3-5-16(6-4-15)21(22,23)24/h3-8,14H,2,9-13H2,1H3,(H,25,27). The summed E-state index contributed by atoms with van der Waals surface area (Å²) < 4.78 is 76.2. The molecule has 1 heterocycles. The number of hydrogen-bond donors (Lipinski definition) is 1. The van der Waals surface area contributed by atoms with Crippen molar-refractivity contribution in [3.8, 4) is 5.75 Å². The van der Waals surface area contributed by atoms with Crippen molar-refractivity contribution in [1.82, 2.24) is 4.31 Å². The van der Waals surface area contributed by atoms with Crippen molar-refractivity contribution >= 4 is 21.6 Å². The van der Waals surface area contributed by atoms with Gasteiger partial charge in [0.15, 0.2) is 0 Å². The Kier molecular flexibility index (Phi) is 7.42. The third kappa shape index (κ3) is 5.78. The molecule has 0 radical (unpaired) electrons. The van der Waals surface area contributed by atoms with Gasteiger partial charge in [0.25, 0.3) is 0 Å². The zero-order chi connectivity index (χ0) is 23.4. The van der Waals surface area contributed by atoms with Crippen LogP contribution in [0.5, 0.6) is 5.75 Å². The van der Waals surface area contributed by atoms with Gasteiger partial charge >= 0.3 is 6.18 Å². The van der Waals surface area contributed by atoms with E-state index in [-0.39, 0.29) is 55.7 Å². The summed E-state index contributed by atoms with van der Waals surface area (Å²) in [6.45, 7) is 2.96. The Morgan fingerprint density at radius 2 is 1.78 bits per heavy atom. The Morgan fingerprint density at radius 1 is 1.12 bits per heavy atom. The number of ether oxygens (including phenoxy) is 2. The van der Waals surface area contributed by atoms with Crippen LogP contribution >= 0.6 is 0 Å². The molecular formula is C21H23F3N2O5S. The lowest BCUT2D eigenvalue weighted by Gasteiger charge is -2.27. The third-order valence-electron chi connectivity index (χ3n) is 4.76. The second-order valence-electron chi connectivity index (χ2n) is 7.03. The normalized spacial score (nSPS) is 15.4. The molecule has 0 unspecified atom stereocenters. The van der Waals surface area contributed by atoms with Crippen molar-refractivity contribution in [2.75, 3.05) is 38.2 Å². The van der Waals surface area contributed by atoms with Crippen LogP contribution < -0.4 is 10.1 Å². The van der Waals surface area contributed by atoms with Crippen LogP contribution in [0.3, 0.4) is 0 Å². The number of carbonyl (C=O) groups is 1. The molecule has 0 spiro atoms. The van der Waals surface area contributed by atoms with Gasteiger partial charge in [-0.25, -0.2) is 8.42 Å². The van der Waals surface area contributed by atoms with E-state index in [4.69, 9.17) is 9.47 Å². The summed E-state index contributed by atoms with van der Waals surface area (Å²) in [5, 5.41) is 2.60. The molecule has 7 nitrogen and oxygen atoms in total. The second-order valence-corrected chi connectivity index (χ2v) is 8.94. The van der Waals surface area contributed by atoms with Gasteiger partial charge in [-0.15, -0.1) is 0 Å². The zero-order valence-electron chi connectivity index (χ0n) is 17.3. The van der Waals surface area contributed by atoms with Gasteiger partial charge in [0.1, 0.15) is 10.6 Å². The lowest BCUT2D eigenvalue weighted by atomic mass is 10.1. The number of anilines is 1. The molecule has 0 saturated carbocycles. The molecule has 3 rings (SSSR count). The molecule has 1 aliphatic heterocycles. The Morgan fingerprint density at radius 3 is 2.38 bits per heavy atom. The van der Waals surface area contributed by atoms with E-state index in [9.17, 15) is 26.4 Å². The molecule has 1 amide bonds. The van der Waals surface area contributed by atoms with Gasteiger partial charge in [0, 0.05) is 18.8 Å². The third-order valence-corrected chi connectivity index (χ3v) is 6.68. The molecule has 2 aromatic rings. The van der Waals surface area contributed by atoms with E-state index >= 15 is 0 Å². The van der Waals surface area contributed by atoms with E-state index in [0.717, 1.165) is 12.1 Å². The van der Waals surface area contributed by atoms with Crippen LogP contribution in [0.2, 0.25) is 0 Å². The molecule has 174 valence electrons. The molecule has 32 heavy (non-hydrogen) atoms. The average molecular weight is 472 g/mol. The summed E-state index contributed by atoms with van der Waals surface area (Å²) >= 11 is 0. The highest BCUT2D eigenvalue weighted by molar-refractivity contribution is 7.89. The molecule has 11 heteroatoms. The number of nitrogens with one attached hydrogen (secondary N) is 1. The Hall–Kier alpha value is -2.63. The number of rotatable bonds is 7. The molecule has 1 aliphatic rings.